The van der Waals surface area contributed by atoms with Gasteiger partial charge in [-0.2, -0.15) is 0 Å². The van der Waals surface area contributed by atoms with Crippen molar-refractivity contribution in [3.63, 3.8) is 0 Å². The first-order valence-corrected chi connectivity index (χ1v) is 10.4. The smallest absolute Gasteiger partial charge is 0.226 e. The van der Waals surface area contributed by atoms with Gasteiger partial charge in [0.25, 0.3) is 0 Å². The van der Waals surface area contributed by atoms with Gasteiger partial charge in [-0.25, -0.2) is 0 Å². The van der Waals surface area contributed by atoms with Crippen molar-refractivity contribution in [1.82, 2.24) is 4.90 Å². The number of fused-ring (bicyclic) bond motifs is 2. The minimum Gasteiger partial charge on any atom is -0.379 e. The summed E-state index contributed by atoms with van der Waals surface area (Å²) in [6.45, 7) is 2.27. The predicted molar refractivity (Wildman–Crippen MR) is 110 cm³/mol. The van der Waals surface area contributed by atoms with Crippen LogP contribution < -0.4 is 5.73 Å². The molecule has 27 heavy (non-hydrogen) atoms. The van der Waals surface area contributed by atoms with E-state index in [0.717, 1.165) is 38.8 Å². The van der Waals surface area contributed by atoms with Crippen LogP contribution in [0, 0.1) is 17.8 Å². The van der Waals surface area contributed by atoms with Gasteiger partial charge in [-0.1, -0.05) is 36.8 Å². The van der Waals surface area contributed by atoms with Crippen LogP contribution in [0.15, 0.2) is 30.3 Å². The Morgan fingerprint density at radius 3 is 2.44 bits per heavy atom. The van der Waals surface area contributed by atoms with Crippen LogP contribution in [0.1, 0.15) is 44.1 Å². The number of rotatable bonds is 5. The molecule has 0 radical (unpaired) electrons. The topological polar surface area (TPSA) is 55.6 Å². The third-order valence-corrected chi connectivity index (χ3v) is 6.88. The van der Waals surface area contributed by atoms with E-state index >= 15 is 0 Å². The molecule has 3 atom stereocenters. The van der Waals surface area contributed by atoms with Crippen LogP contribution in [0.5, 0.6) is 0 Å². The number of nitrogens with two attached hydrogens (primary N) is 1. The van der Waals surface area contributed by atoms with Gasteiger partial charge in [0.1, 0.15) is 0 Å². The third kappa shape index (κ3) is 4.67. The SMILES string of the molecule is Cl.NC1C2CCCC1CC(C(=O)N(CCc1ccccc1)C1CCOC1)C2. The van der Waals surface area contributed by atoms with Gasteiger partial charge in [0.15, 0.2) is 0 Å². The van der Waals surface area contributed by atoms with Gasteiger partial charge < -0.3 is 15.4 Å². The molecule has 2 saturated carbocycles. The molecule has 1 saturated heterocycles. The summed E-state index contributed by atoms with van der Waals surface area (Å²) in [6, 6.07) is 11.1. The average Bonchev–Trinajstić information content (AvgIpc) is 3.17. The van der Waals surface area contributed by atoms with E-state index in [4.69, 9.17) is 10.5 Å². The van der Waals surface area contributed by atoms with Crippen molar-refractivity contribution in [2.24, 2.45) is 23.5 Å². The fraction of sp³-hybridized carbons (Fsp3) is 0.682. The Labute approximate surface area is 169 Å². The second-order valence-corrected chi connectivity index (χ2v) is 8.48. The number of ether oxygens (including phenoxy) is 1. The van der Waals surface area contributed by atoms with Crippen molar-refractivity contribution in [3.8, 4) is 0 Å². The lowest BCUT2D eigenvalue weighted by Crippen LogP contribution is -2.51. The largest absolute Gasteiger partial charge is 0.379 e. The second kappa shape index (κ2) is 9.40. The van der Waals surface area contributed by atoms with E-state index < -0.39 is 0 Å². The number of amides is 1. The van der Waals surface area contributed by atoms with Crippen LogP contribution in [0.4, 0.5) is 0 Å². The minimum absolute atomic E-state index is 0. The number of benzene rings is 1. The van der Waals surface area contributed by atoms with E-state index in [2.05, 4.69) is 29.2 Å². The Morgan fingerprint density at radius 2 is 1.81 bits per heavy atom. The standard InChI is InChI=1S/C22H32N2O2.ClH/c23-21-17-7-4-8-18(21)14-19(13-17)22(25)24(20-10-12-26-15-20)11-9-16-5-2-1-3-6-16;/h1-3,5-6,17-21H,4,7-15,23H2;1H. The summed E-state index contributed by atoms with van der Waals surface area (Å²) in [6.07, 6.45) is 7.58. The molecule has 4 nitrogen and oxygen atoms in total. The molecule has 1 amide bonds. The van der Waals surface area contributed by atoms with Crippen LogP contribution in [-0.2, 0) is 16.0 Å². The van der Waals surface area contributed by atoms with E-state index in [0.29, 0.717) is 30.4 Å². The molecule has 2 aliphatic carbocycles. The molecule has 2 N–H and O–H groups in total. The fourth-order valence-corrected chi connectivity index (χ4v) is 5.36. The van der Waals surface area contributed by atoms with Gasteiger partial charge in [0.2, 0.25) is 5.91 Å². The molecule has 4 rings (SSSR count). The van der Waals surface area contributed by atoms with Crippen LogP contribution in [-0.4, -0.2) is 42.6 Å². The molecule has 150 valence electrons. The molecule has 3 unspecified atom stereocenters. The van der Waals surface area contributed by atoms with Gasteiger partial charge in [-0.15, -0.1) is 12.4 Å². The highest BCUT2D eigenvalue weighted by Crippen LogP contribution is 2.42. The van der Waals surface area contributed by atoms with E-state index in [1.54, 1.807) is 0 Å². The maximum Gasteiger partial charge on any atom is 0.226 e. The van der Waals surface area contributed by atoms with Crippen molar-refractivity contribution in [1.29, 1.82) is 0 Å². The molecule has 3 aliphatic rings. The minimum atomic E-state index is 0. The van der Waals surface area contributed by atoms with Crippen LogP contribution in [0.3, 0.4) is 0 Å². The molecule has 5 heteroatoms. The number of nitrogens with zero attached hydrogens (tertiary/aromatic N) is 1. The number of carbonyl (C=O) groups excluding carboxylic acids is 1. The molecule has 1 aromatic carbocycles. The molecular formula is C22H33ClN2O2. The number of hydrogen-bond acceptors (Lipinski definition) is 3. The summed E-state index contributed by atoms with van der Waals surface area (Å²) < 4.78 is 5.61. The summed E-state index contributed by atoms with van der Waals surface area (Å²) in [5.41, 5.74) is 7.73. The zero-order valence-corrected chi connectivity index (χ0v) is 16.9. The Bertz CT molecular complexity index is 592. The maximum atomic E-state index is 13.5. The maximum absolute atomic E-state index is 13.5. The van der Waals surface area contributed by atoms with Gasteiger partial charge in [-0.05, 0) is 55.9 Å². The van der Waals surface area contributed by atoms with Gasteiger partial charge in [0, 0.05) is 25.1 Å². The van der Waals surface area contributed by atoms with E-state index in [1.165, 1.54) is 24.8 Å². The van der Waals surface area contributed by atoms with Crippen molar-refractivity contribution in [2.75, 3.05) is 19.8 Å². The lowest BCUT2D eigenvalue weighted by molar-refractivity contribution is -0.141. The number of halogens is 1. The Morgan fingerprint density at radius 1 is 1.11 bits per heavy atom. The first-order chi connectivity index (χ1) is 12.7. The first-order valence-electron chi connectivity index (χ1n) is 10.4. The molecule has 1 aliphatic heterocycles. The van der Waals surface area contributed by atoms with Crippen molar-refractivity contribution >= 4 is 18.3 Å². The van der Waals surface area contributed by atoms with Gasteiger partial charge in [0.05, 0.1) is 12.6 Å². The normalized spacial score (nSPS) is 32.6. The van der Waals surface area contributed by atoms with Crippen molar-refractivity contribution in [3.05, 3.63) is 35.9 Å². The average molecular weight is 393 g/mol. The zero-order chi connectivity index (χ0) is 17.9. The zero-order valence-electron chi connectivity index (χ0n) is 16.1. The molecule has 3 fully saturated rings. The summed E-state index contributed by atoms with van der Waals surface area (Å²) >= 11 is 0. The number of carbonyl (C=O) groups is 1. The number of hydrogen-bond donors (Lipinski definition) is 1. The summed E-state index contributed by atoms with van der Waals surface area (Å²) in [5, 5.41) is 0. The summed E-state index contributed by atoms with van der Waals surface area (Å²) in [4.78, 5) is 15.6. The second-order valence-electron chi connectivity index (χ2n) is 8.48. The van der Waals surface area contributed by atoms with E-state index in [1.807, 2.05) is 6.07 Å². The monoisotopic (exact) mass is 392 g/mol. The predicted octanol–water partition coefficient (Wildman–Crippen LogP) is 3.42. The Kier molecular flexibility index (Phi) is 7.18. The van der Waals surface area contributed by atoms with Crippen molar-refractivity contribution < 1.29 is 9.53 Å². The van der Waals surface area contributed by atoms with E-state index in [-0.39, 0.29) is 24.4 Å². The summed E-state index contributed by atoms with van der Waals surface area (Å²) in [5.74, 6) is 1.63. The Hall–Kier alpha value is -1.10. The van der Waals surface area contributed by atoms with Crippen LogP contribution >= 0.6 is 12.4 Å². The fourth-order valence-electron chi connectivity index (χ4n) is 5.36. The molecular weight excluding hydrogens is 360 g/mol. The summed E-state index contributed by atoms with van der Waals surface area (Å²) in [7, 11) is 0. The first kappa shape index (κ1) is 20.6. The van der Waals surface area contributed by atoms with Crippen molar-refractivity contribution in [2.45, 2.75) is 57.0 Å². The highest BCUT2D eigenvalue weighted by atomic mass is 35.5. The van der Waals surface area contributed by atoms with Gasteiger partial charge in [-0.3, -0.25) is 4.79 Å². The molecule has 2 bridgehead atoms. The molecule has 0 spiro atoms. The van der Waals surface area contributed by atoms with E-state index in [9.17, 15) is 4.79 Å². The lowest BCUT2D eigenvalue weighted by Gasteiger charge is -2.45. The highest BCUT2D eigenvalue weighted by Gasteiger charge is 2.42. The van der Waals surface area contributed by atoms with Crippen LogP contribution in [0.25, 0.3) is 0 Å². The Balaban J connectivity index is 0.00000210. The molecule has 0 aromatic heterocycles. The highest BCUT2D eigenvalue weighted by molar-refractivity contribution is 5.85. The molecule has 1 heterocycles. The third-order valence-electron chi connectivity index (χ3n) is 6.88. The van der Waals surface area contributed by atoms with Gasteiger partial charge >= 0.3 is 0 Å². The molecule has 1 aromatic rings. The lowest BCUT2D eigenvalue weighted by atomic mass is 9.65. The van der Waals surface area contributed by atoms with Crippen LogP contribution in [0.2, 0.25) is 0 Å². The quantitative estimate of drug-likeness (QED) is 0.835.